The average Bonchev–Trinajstić information content (AvgIpc) is 2.26. The highest BCUT2D eigenvalue weighted by molar-refractivity contribution is 6.00. The predicted octanol–water partition coefficient (Wildman–Crippen LogP) is 4.09. The van der Waals surface area contributed by atoms with Gasteiger partial charge in [-0.25, -0.2) is 0 Å². The van der Waals surface area contributed by atoms with E-state index < -0.39 is 0 Å². The zero-order chi connectivity index (χ0) is 13.1. The number of unbranched alkanes of at least 4 members (excludes halogenated alkanes) is 6. The summed E-state index contributed by atoms with van der Waals surface area (Å²) in [6, 6.07) is 0. The summed E-state index contributed by atoms with van der Waals surface area (Å²) in [5.41, 5.74) is 0. The Labute approximate surface area is 105 Å². The standard InChI is InChI=1S/C15H26O2/c1-4-5-6-7-8-9-10-11-12-15(13(2)16)14(3)17/h4,15H,1,5-12H2,2-3H3. The summed E-state index contributed by atoms with van der Waals surface area (Å²) in [5, 5.41) is 0. The Kier molecular flexibility index (Phi) is 9.69. The molecule has 0 aliphatic heterocycles. The second-order valence-electron chi connectivity index (χ2n) is 4.76. The van der Waals surface area contributed by atoms with Crippen LogP contribution in [-0.2, 0) is 9.59 Å². The van der Waals surface area contributed by atoms with Crippen molar-refractivity contribution < 1.29 is 9.59 Å². The van der Waals surface area contributed by atoms with E-state index in [0.717, 1.165) is 25.7 Å². The molecule has 0 bridgehead atoms. The molecule has 0 radical (unpaired) electrons. The van der Waals surface area contributed by atoms with Crippen LogP contribution in [0.15, 0.2) is 12.7 Å². The van der Waals surface area contributed by atoms with E-state index in [1.54, 1.807) is 0 Å². The number of hydrogen-bond donors (Lipinski definition) is 0. The quantitative estimate of drug-likeness (QED) is 0.309. The Morgan fingerprint density at radius 2 is 1.41 bits per heavy atom. The Bertz CT molecular complexity index is 229. The molecule has 0 saturated heterocycles. The first kappa shape index (κ1) is 16.1. The van der Waals surface area contributed by atoms with Gasteiger partial charge >= 0.3 is 0 Å². The molecule has 0 aromatic heterocycles. The molecule has 98 valence electrons. The summed E-state index contributed by atoms with van der Waals surface area (Å²) < 4.78 is 0. The fourth-order valence-corrected chi connectivity index (χ4v) is 2.04. The van der Waals surface area contributed by atoms with E-state index in [1.807, 2.05) is 6.08 Å². The molecule has 2 heteroatoms. The molecule has 0 aliphatic rings. The lowest BCUT2D eigenvalue weighted by Gasteiger charge is -2.09. The van der Waals surface area contributed by atoms with Crippen LogP contribution < -0.4 is 0 Å². The van der Waals surface area contributed by atoms with Gasteiger partial charge in [0, 0.05) is 0 Å². The summed E-state index contributed by atoms with van der Waals surface area (Å²) in [7, 11) is 0. The third-order valence-electron chi connectivity index (χ3n) is 3.13. The van der Waals surface area contributed by atoms with Gasteiger partial charge in [-0.3, -0.25) is 9.59 Å². The molecule has 0 amide bonds. The Morgan fingerprint density at radius 3 is 1.88 bits per heavy atom. The zero-order valence-corrected chi connectivity index (χ0v) is 11.3. The second kappa shape index (κ2) is 10.2. The predicted molar refractivity (Wildman–Crippen MR) is 72.0 cm³/mol. The fraction of sp³-hybridized carbons (Fsp3) is 0.733. The molecule has 0 aliphatic carbocycles. The maximum Gasteiger partial charge on any atom is 0.140 e. The minimum Gasteiger partial charge on any atom is -0.299 e. The molecule has 0 saturated carbocycles. The minimum absolute atomic E-state index is 0.0171. The number of allylic oxidation sites excluding steroid dienone is 1. The lowest BCUT2D eigenvalue weighted by Crippen LogP contribution is -2.19. The van der Waals surface area contributed by atoms with Crippen molar-refractivity contribution >= 4 is 11.6 Å². The van der Waals surface area contributed by atoms with Gasteiger partial charge in [-0.05, 0) is 33.1 Å². The molecule has 0 aromatic rings. The minimum atomic E-state index is -0.351. The lowest BCUT2D eigenvalue weighted by atomic mass is 9.93. The van der Waals surface area contributed by atoms with Crippen molar-refractivity contribution in [3.8, 4) is 0 Å². The molecule has 0 spiro atoms. The Morgan fingerprint density at radius 1 is 0.941 bits per heavy atom. The summed E-state index contributed by atoms with van der Waals surface area (Å²) >= 11 is 0. The third-order valence-corrected chi connectivity index (χ3v) is 3.13. The van der Waals surface area contributed by atoms with Crippen LogP contribution in [0.2, 0.25) is 0 Å². The van der Waals surface area contributed by atoms with E-state index in [0.29, 0.717) is 0 Å². The van der Waals surface area contributed by atoms with Crippen molar-refractivity contribution in [1.82, 2.24) is 0 Å². The molecule has 0 atom stereocenters. The molecule has 0 rings (SSSR count). The van der Waals surface area contributed by atoms with Crippen molar-refractivity contribution in [2.24, 2.45) is 5.92 Å². The van der Waals surface area contributed by atoms with Gasteiger partial charge in [0.1, 0.15) is 11.6 Å². The van der Waals surface area contributed by atoms with Gasteiger partial charge in [-0.1, -0.05) is 38.2 Å². The Balaban J connectivity index is 3.46. The lowest BCUT2D eigenvalue weighted by molar-refractivity contribution is -0.130. The van der Waals surface area contributed by atoms with E-state index in [2.05, 4.69) is 6.58 Å². The molecule has 2 nitrogen and oxygen atoms in total. The monoisotopic (exact) mass is 238 g/mol. The number of rotatable bonds is 11. The van der Waals surface area contributed by atoms with Gasteiger partial charge < -0.3 is 0 Å². The molecule has 0 fully saturated rings. The van der Waals surface area contributed by atoms with Gasteiger partial charge in [0.2, 0.25) is 0 Å². The van der Waals surface area contributed by atoms with E-state index in [1.165, 1.54) is 39.5 Å². The van der Waals surface area contributed by atoms with Gasteiger partial charge in [0.15, 0.2) is 0 Å². The number of ketones is 2. The van der Waals surface area contributed by atoms with Crippen LogP contribution in [0, 0.1) is 5.92 Å². The van der Waals surface area contributed by atoms with Crippen molar-refractivity contribution in [3.05, 3.63) is 12.7 Å². The molecular weight excluding hydrogens is 212 g/mol. The molecule has 17 heavy (non-hydrogen) atoms. The van der Waals surface area contributed by atoms with Crippen LogP contribution >= 0.6 is 0 Å². The zero-order valence-electron chi connectivity index (χ0n) is 11.3. The summed E-state index contributed by atoms with van der Waals surface area (Å²) in [6.45, 7) is 6.73. The normalized spacial score (nSPS) is 10.5. The van der Waals surface area contributed by atoms with Gasteiger partial charge in [0.05, 0.1) is 5.92 Å². The van der Waals surface area contributed by atoms with Gasteiger partial charge in [-0.2, -0.15) is 0 Å². The van der Waals surface area contributed by atoms with Gasteiger partial charge in [0.25, 0.3) is 0 Å². The topological polar surface area (TPSA) is 34.1 Å². The molecule has 0 N–H and O–H groups in total. The second-order valence-corrected chi connectivity index (χ2v) is 4.76. The number of carbonyl (C=O) groups excluding carboxylic acids is 2. The fourth-order valence-electron chi connectivity index (χ4n) is 2.04. The first-order valence-corrected chi connectivity index (χ1v) is 6.71. The summed E-state index contributed by atoms with van der Waals surface area (Å²) in [5.74, 6) is -0.317. The number of hydrogen-bond acceptors (Lipinski definition) is 2. The highest BCUT2D eigenvalue weighted by atomic mass is 16.1. The number of Topliss-reactive ketones (excluding diaryl/α,β-unsaturated/α-hetero) is 2. The largest absolute Gasteiger partial charge is 0.299 e. The van der Waals surface area contributed by atoms with Crippen molar-refractivity contribution in [3.63, 3.8) is 0 Å². The molecule has 0 heterocycles. The average molecular weight is 238 g/mol. The highest BCUT2D eigenvalue weighted by Gasteiger charge is 2.18. The third kappa shape index (κ3) is 8.84. The first-order valence-electron chi connectivity index (χ1n) is 6.71. The number of carbonyl (C=O) groups is 2. The van der Waals surface area contributed by atoms with Crippen molar-refractivity contribution in [2.75, 3.05) is 0 Å². The molecular formula is C15H26O2. The van der Waals surface area contributed by atoms with Crippen LogP contribution in [-0.4, -0.2) is 11.6 Å². The maximum atomic E-state index is 11.2. The van der Waals surface area contributed by atoms with Crippen LogP contribution in [0.25, 0.3) is 0 Å². The van der Waals surface area contributed by atoms with E-state index in [4.69, 9.17) is 0 Å². The van der Waals surface area contributed by atoms with Crippen LogP contribution in [0.1, 0.15) is 65.2 Å². The smallest absolute Gasteiger partial charge is 0.140 e. The van der Waals surface area contributed by atoms with E-state index >= 15 is 0 Å². The summed E-state index contributed by atoms with van der Waals surface area (Å²) in [4.78, 5) is 22.4. The first-order chi connectivity index (χ1) is 8.09. The highest BCUT2D eigenvalue weighted by Crippen LogP contribution is 2.14. The van der Waals surface area contributed by atoms with Crippen LogP contribution in [0.3, 0.4) is 0 Å². The van der Waals surface area contributed by atoms with E-state index in [-0.39, 0.29) is 17.5 Å². The van der Waals surface area contributed by atoms with Crippen LogP contribution in [0.4, 0.5) is 0 Å². The van der Waals surface area contributed by atoms with Crippen LogP contribution in [0.5, 0.6) is 0 Å². The molecule has 0 aromatic carbocycles. The van der Waals surface area contributed by atoms with Gasteiger partial charge in [-0.15, -0.1) is 6.58 Å². The SMILES string of the molecule is C=CCCCCCCCCC(C(C)=O)C(C)=O. The molecule has 0 unspecified atom stereocenters. The Hall–Kier alpha value is -0.920. The van der Waals surface area contributed by atoms with Crippen molar-refractivity contribution in [2.45, 2.75) is 65.2 Å². The summed E-state index contributed by atoms with van der Waals surface area (Å²) in [6.07, 6.45) is 10.9. The van der Waals surface area contributed by atoms with Crippen molar-refractivity contribution in [1.29, 1.82) is 0 Å². The van der Waals surface area contributed by atoms with E-state index in [9.17, 15) is 9.59 Å². The maximum absolute atomic E-state index is 11.2.